The second-order valence-corrected chi connectivity index (χ2v) is 8.68. The maximum atomic E-state index is 13.3. The second kappa shape index (κ2) is 7.69. The Labute approximate surface area is 166 Å². The molecule has 0 bridgehead atoms. The zero-order valence-electron chi connectivity index (χ0n) is 15.1. The molecule has 1 saturated heterocycles. The molecule has 4 rings (SSSR count). The van der Waals surface area contributed by atoms with Gasteiger partial charge in [0.2, 0.25) is 0 Å². The van der Waals surface area contributed by atoms with Crippen molar-refractivity contribution < 1.29 is 4.65 Å². The zero-order chi connectivity index (χ0) is 18.1. The van der Waals surface area contributed by atoms with E-state index in [0.29, 0.717) is 22.5 Å². The number of hydrogen-bond acceptors (Lipinski definition) is 3. The highest BCUT2D eigenvalue weighted by atomic mass is 35.5. The van der Waals surface area contributed by atoms with Gasteiger partial charge < -0.3 is 14.8 Å². The van der Waals surface area contributed by atoms with Gasteiger partial charge in [0.15, 0.2) is 0 Å². The first-order chi connectivity index (χ1) is 12.5. The third-order valence-electron chi connectivity index (χ3n) is 6.33. The number of halogens is 2. The van der Waals surface area contributed by atoms with Gasteiger partial charge in [-0.3, -0.25) is 4.90 Å². The molecule has 1 saturated carbocycles. The van der Waals surface area contributed by atoms with Gasteiger partial charge in [-0.25, -0.2) is 0 Å². The number of quaternary nitrogens is 1. The molecule has 2 aliphatic heterocycles. The van der Waals surface area contributed by atoms with Gasteiger partial charge in [-0.2, -0.15) is 0 Å². The average molecular weight is 396 g/mol. The molecule has 6 heteroatoms. The monoisotopic (exact) mass is 395 g/mol. The maximum absolute atomic E-state index is 13.3. The first-order valence-electron chi connectivity index (χ1n) is 9.75. The number of hydroxylamine groups is 3. The summed E-state index contributed by atoms with van der Waals surface area (Å²) in [5.41, 5.74) is 1.12. The smallest absolute Gasteiger partial charge is 0.0995 e. The summed E-state index contributed by atoms with van der Waals surface area (Å²) >= 11 is 12.2. The summed E-state index contributed by atoms with van der Waals surface area (Å²) in [6.07, 6.45) is 8.92. The van der Waals surface area contributed by atoms with E-state index in [-0.39, 0.29) is 10.7 Å². The van der Waals surface area contributed by atoms with Crippen LogP contribution in [-0.4, -0.2) is 54.9 Å². The van der Waals surface area contributed by atoms with E-state index in [1.165, 1.54) is 19.3 Å². The molecule has 3 aliphatic rings. The molecule has 0 amide bonds. The normalized spacial score (nSPS) is 32.0. The van der Waals surface area contributed by atoms with Crippen molar-refractivity contribution in [2.24, 2.45) is 5.92 Å². The second-order valence-electron chi connectivity index (χ2n) is 7.86. The van der Waals surface area contributed by atoms with Crippen molar-refractivity contribution in [2.75, 3.05) is 44.2 Å². The molecule has 2 heterocycles. The van der Waals surface area contributed by atoms with Gasteiger partial charge in [0.05, 0.1) is 28.8 Å². The number of piperazine rings is 1. The number of rotatable bonds is 4. The Bertz CT molecular complexity index is 675. The van der Waals surface area contributed by atoms with Crippen LogP contribution in [0, 0.1) is 11.1 Å². The van der Waals surface area contributed by atoms with E-state index >= 15 is 0 Å². The summed E-state index contributed by atoms with van der Waals surface area (Å²) in [4.78, 5) is 4.77. The summed E-state index contributed by atoms with van der Waals surface area (Å²) in [6.45, 7) is 5.45. The Morgan fingerprint density at radius 2 is 1.81 bits per heavy atom. The van der Waals surface area contributed by atoms with E-state index < -0.39 is 0 Å². The molecule has 0 aromatic heterocycles. The fourth-order valence-corrected chi connectivity index (χ4v) is 5.02. The van der Waals surface area contributed by atoms with Gasteiger partial charge in [0.1, 0.15) is 0 Å². The van der Waals surface area contributed by atoms with Crippen molar-refractivity contribution in [3.63, 3.8) is 0 Å². The zero-order valence-corrected chi connectivity index (χ0v) is 16.6. The van der Waals surface area contributed by atoms with Crippen LogP contribution in [0.4, 0.5) is 5.69 Å². The van der Waals surface area contributed by atoms with Crippen molar-refractivity contribution >= 4 is 28.9 Å². The summed E-state index contributed by atoms with van der Waals surface area (Å²) in [5, 5.41) is 14.5. The molecule has 26 heavy (non-hydrogen) atoms. The van der Waals surface area contributed by atoms with Crippen LogP contribution < -0.4 is 4.90 Å². The Kier molecular flexibility index (Phi) is 5.49. The molecule has 3 unspecified atom stereocenters. The molecule has 1 aromatic carbocycles. The first kappa shape index (κ1) is 18.6. The predicted octanol–water partition coefficient (Wildman–Crippen LogP) is 4.52. The van der Waals surface area contributed by atoms with Crippen LogP contribution in [-0.2, 0) is 0 Å². The standard InChI is InChI=1S/C20H27Cl2N3O/c21-18-6-5-17(15-19(18)22)24-10-8-23(9-11-24)12-14-25(26)13-7-16-3-1-2-4-20(16)25/h5-7,13,15-16,20H,1-4,8-12,14H2. The van der Waals surface area contributed by atoms with Crippen molar-refractivity contribution in [2.45, 2.75) is 31.7 Å². The van der Waals surface area contributed by atoms with E-state index in [9.17, 15) is 5.21 Å². The largest absolute Gasteiger partial charge is 0.628 e. The Balaban J connectivity index is 1.29. The Hall–Kier alpha value is -0.780. The Morgan fingerprint density at radius 1 is 1.04 bits per heavy atom. The van der Waals surface area contributed by atoms with Crippen LogP contribution in [0.1, 0.15) is 25.7 Å². The van der Waals surface area contributed by atoms with Crippen molar-refractivity contribution in [3.05, 3.63) is 45.7 Å². The lowest BCUT2D eigenvalue weighted by atomic mass is 9.85. The molecular weight excluding hydrogens is 369 g/mol. The third-order valence-corrected chi connectivity index (χ3v) is 7.07. The van der Waals surface area contributed by atoms with Gasteiger partial charge in [-0.15, -0.1) is 0 Å². The molecule has 1 aromatic rings. The molecule has 2 fully saturated rings. The summed E-state index contributed by atoms with van der Waals surface area (Å²) in [6, 6.07) is 6.11. The molecule has 0 spiro atoms. The molecule has 1 aliphatic carbocycles. The quantitative estimate of drug-likeness (QED) is 0.554. The van der Waals surface area contributed by atoms with Crippen LogP contribution in [0.3, 0.4) is 0 Å². The summed E-state index contributed by atoms with van der Waals surface area (Å²) < 4.78 is -0.0995. The molecule has 142 valence electrons. The topological polar surface area (TPSA) is 29.5 Å². The van der Waals surface area contributed by atoms with E-state index in [4.69, 9.17) is 23.2 Å². The fourth-order valence-electron chi connectivity index (χ4n) is 4.72. The van der Waals surface area contributed by atoms with Gasteiger partial charge >= 0.3 is 0 Å². The molecular formula is C20H27Cl2N3O. The fraction of sp³-hybridized carbons (Fsp3) is 0.600. The van der Waals surface area contributed by atoms with E-state index in [0.717, 1.165) is 44.8 Å². The van der Waals surface area contributed by atoms with E-state index in [2.05, 4.69) is 15.9 Å². The maximum Gasteiger partial charge on any atom is 0.0995 e. The van der Waals surface area contributed by atoms with Crippen molar-refractivity contribution in [1.29, 1.82) is 0 Å². The highest BCUT2D eigenvalue weighted by molar-refractivity contribution is 6.42. The lowest BCUT2D eigenvalue weighted by Gasteiger charge is -2.47. The minimum absolute atomic E-state index is 0.0995. The van der Waals surface area contributed by atoms with Crippen LogP contribution in [0.25, 0.3) is 0 Å². The number of fused-ring (bicyclic) bond motifs is 1. The van der Waals surface area contributed by atoms with Crippen molar-refractivity contribution in [1.82, 2.24) is 4.90 Å². The van der Waals surface area contributed by atoms with E-state index in [1.54, 1.807) is 0 Å². The third kappa shape index (κ3) is 3.76. The summed E-state index contributed by atoms with van der Waals surface area (Å²) in [5.74, 6) is 0.521. The number of nitrogens with zero attached hydrogens (tertiary/aromatic N) is 3. The predicted molar refractivity (Wildman–Crippen MR) is 108 cm³/mol. The van der Waals surface area contributed by atoms with Crippen LogP contribution >= 0.6 is 23.2 Å². The average Bonchev–Trinajstić information content (AvgIpc) is 3.01. The lowest BCUT2D eigenvalue weighted by Crippen LogP contribution is -2.53. The number of benzene rings is 1. The summed E-state index contributed by atoms with van der Waals surface area (Å²) in [7, 11) is 0. The SMILES string of the molecule is [O-][N+]1(CCN2CCN(c3ccc(Cl)c(Cl)c3)CC2)C=CC2CCCCC21. The van der Waals surface area contributed by atoms with Gasteiger partial charge in [0.25, 0.3) is 0 Å². The van der Waals surface area contributed by atoms with Crippen LogP contribution in [0.2, 0.25) is 10.0 Å². The molecule has 3 atom stereocenters. The Morgan fingerprint density at radius 3 is 2.58 bits per heavy atom. The highest BCUT2D eigenvalue weighted by Crippen LogP contribution is 2.38. The van der Waals surface area contributed by atoms with Gasteiger partial charge in [-0.05, 0) is 37.1 Å². The van der Waals surface area contributed by atoms with Gasteiger partial charge in [-0.1, -0.05) is 29.6 Å². The lowest BCUT2D eigenvalue weighted by molar-refractivity contribution is -0.853. The highest BCUT2D eigenvalue weighted by Gasteiger charge is 2.40. The van der Waals surface area contributed by atoms with E-state index in [1.807, 2.05) is 24.4 Å². The van der Waals surface area contributed by atoms with Crippen molar-refractivity contribution in [3.8, 4) is 0 Å². The number of hydrogen-bond donors (Lipinski definition) is 0. The minimum atomic E-state index is -0.0995. The van der Waals surface area contributed by atoms with Gasteiger partial charge in [0, 0.05) is 50.7 Å². The number of anilines is 1. The molecule has 0 radical (unpaired) electrons. The minimum Gasteiger partial charge on any atom is -0.628 e. The van der Waals surface area contributed by atoms with Crippen LogP contribution in [0.15, 0.2) is 30.5 Å². The molecule has 0 N–H and O–H groups in total. The van der Waals surface area contributed by atoms with Crippen LogP contribution in [0.5, 0.6) is 0 Å². The first-order valence-corrected chi connectivity index (χ1v) is 10.5. The molecule has 4 nitrogen and oxygen atoms in total.